The molecule has 0 aliphatic heterocycles. The van der Waals surface area contributed by atoms with Crippen LogP contribution in [0, 0.1) is 0 Å². The molecule has 1 unspecified atom stereocenters. The van der Waals surface area contributed by atoms with Crippen molar-refractivity contribution in [2.75, 3.05) is 0 Å². The number of halogens is 3. The fourth-order valence-electron chi connectivity index (χ4n) is 0.691. The highest BCUT2D eigenvalue weighted by atomic mass is 19.3. The molecule has 1 saturated carbocycles. The van der Waals surface area contributed by atoms with Crippen molar-refractivity contribution in [2.45, 2.75) is 31.4 Å². The molecule has 0 bridgehead atoms. The van der Waals surface area contributed by atoms with E-state index in [1.165, 1.54) is 6.92 Å². The predicted molar refractivity (Wildman–Crippen MR) is 23.7 cm³/mol. The molecule has 1 aliphatic carbocycles. The molecule has 1 aliphatic rings. The highest BCUT2D eigenvalue weighted by Crippen LogP contribution is 2.57. The van der Waals surface area contributed by atoms with Crippen molar-refractivity contribution in [3.8, 4) is 0 Å². The Labute approximate surface area is 45.7 Å². The maximum absolute atomic E-state index is 12.3. The zero-order valence-corrected chi connectivity index (χ0v) is 4.55. The molecule has 0 saturated heterocycles. The van der Waals surface area contributed by atoms with E-state index in [2.05, 4.69) is 0 Å². The summed E-state index contributed by atoms with van der Waals surface area (Å²) in [7, 11) is 0. The van der Waals surface area contributed by atoms with E-state index in [1.54, 1.807) is 0 Å². The Balaban J connectivity index is 2.55. The zero-order chi connectivity index (χ0) is 6.41. The number of alkyl halides is 3. The standard InChI is InChI=1S/C5H7F3/c1-2-4(6)3-5(4,7)8/h2-3H2,1H3. The van der Waals surface area contributed by atoms with Crippen LogP contribution in [0.25, 0.3) is 0 Å². The van der Waals surface area contributed by atoms with E-state index < -0.39 is 18.0 Å². The molecular weight excluding hydrogens is 117 g/mol. The summed E-state index contributed by atoms with van der Waals surface area (Å²) in [6.45, 7) is 1.43. The fraction of sp³-hybridized carbons (Fsp3) is 1.00. The van der Waals surface area contributed by atoms with Crippen LogP contribution >= 0.6 is 0 Å². The van der Waals surface area contributed by atoms with E-state index in [0.29, 0.717) is 0 Å². The van der Waals surface area contributed by atoms with Gasteiger partial charge in [-0.15, -0.1) is 0 Å². The molecule has 1 atom stereocenters. The molecule has 8 heavy (non-hydrogen) atoms. The first-order valence-corrected chi connectivity index (χ1v) is 2.58. The second-order valence-corrected chi connectivity index (χ2v) is 2.20. The average molecular weight is 124 g/mol. The van der Waals surface area contributed by atoms with Gasteiger partial charge in [-0.1, -0.05) is 6.92 Å². The van der Waals surface area contributed by atoms with Crippen LogP contribution in [0.2, 0.25) is 0 Å². The highest BCUT2D eigenvalue weighted by Gasteiger charge is 2.71. The minimum Gasteiger partial charge on any atom is -0.237 e. The average Bonchev–Trinajstić information content (AvgIpc) is 2.10. The Bertz CT molecular complexity index is 110. The number of hydrogen-bond donors (Lipinski definition) is 0. The summed E-state index contributed by atoms with van der Waals surface area (Å²) >= 11 is 0. The molecule has 0 amide bonds. The van der Waals surface area contributed by atoms with Crippen LogP contribution in [0.1, 0.15) is 19.8 Å². The lowest BCUT2D eigenvalue weighted by molar-refractivity contribution is 0.0418. The SMILES string of the molecule is CCC1(F)CC1(F)F. The third-order valence-electron chi connectivity index (χ3n) is 1.59. The fourth-order valence-corrected chi connectivity index (χ4v) is 0.691. The van der Waals surface area contributed by atoms with Crippen molar-refractivity contribution < 1.29 is 13.2 Å². The predicted octanol–water partition coefficient (Wildman–Crippen LogP) is 2.14. The lowest BCUT2D eigenvalue weighted by atomic mass is 10.3. The van der Waals surface area contributed by atoms with Crippen molar-refractivity contribution in [1.82, 2.24) is 0 Å². The Morgan fingerprint density at radius 3 is 1.75 bits per heavy atom. The molecule has 1 rings (SSSR count). The van der Waals surface area contributed by atoms with Crippen LogP contribution in [0.15, 0.2) is 0 Å². The van der Waals surface area contributed by atoms with Crippen molar-refractivity contribution in [2.24, 2.45) is 0 Å². The van der Waals surface area contributed by atoms with Gasteiger partial charge in [-0.2, -0.15) is 0 Å². The van der Waals surface area contributed by atoms with E-state index in [1.807, 2.05) is 0 Å². The molecule has 0 nitrogen and oxygen atoms in total. The first-order valence-electron chi connectivity index (χ1n) is 2.58. The van der Waals surface area contributed by atoms with Gasteiger partial charge >= 0.3 is 0 Å². The molecule has 48 valence electrons. The summed E-state index contributed by atoms with van der Waals surface area (Å²) in [5, 5.41) is 0. The van der Waals surface area contributed by atoms with E-state index in [9.17, 15) is 13.2 Å². The third kappa shape index (κ3) is 0.533. The molecule has 0 N–H and O–H groups in total. The zero-order valence-electron chi connectivity index (χ0n) is 4.55. The lowest BCUT2D eigenvalue weighted by Crippen LogP contribution is -2.09. The van der Waals surface area contributed by atoms with Crippen molar-refractivity contribution in [3.63, 3.8) is 0 Å². The van der Waals surface area contributed by atoms with Crippen molar-refractivity contribution >= 4 is 0 Å². The summed E-state index contributed by atoms with van der Waals surface area (Å²) < 4.78 is 35.9. The second kappa shape index (κ2) is 1.20. The first-order chi connectivity index (χ1) is 3.52. The van der Waals surface area contributed by atoms with Gasteiger partial charge in [0.15, 0.2) is 5.67 Å². The monoisotopic (exact) mass is 124 g/mol. The largest absolute Gasteiger partial charge is 0.284 e. The van der Waals surface area contributed by atoms with Gasteiger partial charge < -0.3 is 0 Å². The Kier molecular flexibility index (Phi) is 0.886. The number of rotatable bonds is 1. The minimum absolute atomic E-state index is 0.0694. The quantitative estimate of drug-likeness (QED) is 0.502. The van der Waals surface area contributed by atoms with Gasteiger partial charge in [0.1, 0.15) is 0 Å². The highest BCUT2D eigenvalue weighted by molar-refractivity contribution is 5.11. The van der Waals surface area contributed by atoms with Gasteiger partial charge in [0.2, 0.25) is 0 Å². The maximum atomic E-state index is 12.3. The molecule has 0 spiro atoms. The Hall–Kier alpha value is -0.210. The van der Waals surface area contributed by atoms with Gasteiger partial charge in [0.25, 0.3) is 5.92 Å². The van der Waals surface area contributed by atoms with Gasteiger partial charge in [-0.25, -0.2) is 13.2 Å². The molecule has 0 aromatic heterocycles. The van der Waals surface area contributed by atoms with Crippen molar-refractivity contribution in [3.05, 3.63) is 0 Å². The van der Waals surface area contributed by atoms with E-state index in [-0.39, 0.29) is 6.42 Å². The molecule has 1 fully saturated rings. The third-order valence-corrected chi connectivity index (χ3v) is 1.59. The molecular formula is C5H7F3. The van der Waals surface area contributed by atoms with E-state index >= 15 is 0 Å². The van der Waals surface area contributed by atoms with Crippen LogP contribution in [0.3, 0.4) is 0 Å². The van der Waals surface area contributed by atoms with Crippen LogP contribution in [0.5, 0.6) is 0 Å². The lowest BCUT2D eigenvalue weighted by Gasteiger charge is -1.98. The van der Waals surface area contributed by atoms with E-state index in [4.69, 9.17) is 0 Å². The van der Waals surface area contributed by atoms with Crippen LogP contribution in [0.4, 0.5) is 13.2 Å². The van der Waals surface area contributed by atoms with Gasteiger partial charge in [0.05, 0.1) is 6.42 Å². The van der Waals surface area contributed by atoms with Crippen molar-refractivity contribution in [1.29, 1.82) is 0 Å². The first kappa shape index (κ1) is 5.92. The Morgan fingerprint density at radius 1 is 1.38 bits per heavy atom. The smallest absolute Gasteiger partial charge is 0.237 e. The molecule has 0 aromatic rings. The van der Waals surface area contributed by atoms with Gasteiger partial charge in [-0.05, 0) is 6.42 Å². The summed E-state index contributed by atoms with van der Waals surface area (Å²) in [4.78, 5) is 0. The molecule has 0 radical (unpaired) electrons. The molecule has 0 aromatic carbocycles. The van der Waals surface area contributed by atoms with E-state index in [0.717, 1.165) is 0 Å². The summed E-state index contributed by atoms with van der Waals surface area (Å²) in [5.41, 5.74) is -2.15. The summed E-state index contributed by atoms with van der Waals surface area (Å²) in [5.74, 6) is -3.01. The number of hydrogen-bond acceptors (Lipinski definition) is 0. The molecule has 0 heterocycles. The molecule has 3 heteroatoms. The maximum Gasteiger partial charge on any atom is 0.284 e. The second-order valence-electron chi connectivity index (χ2n) is 2.20. The van der Waals surface area contributed by atoms with Crippen LogP contribution in [-0.2, 0) is 0 Å². The van der Waals surface area contributed by atoms with Gasteiger partial charge in [0, 0.05) is 0 Å². The summed E-state index contributed by atoms with van der Waals surface area (Å²) in [6.07, 6.45) is -0.642. The van der Waals surface area contributed by atoms with Crippen LogP contribution in [-0.4, -0.2) is 11.6 Å². The minimum atomic E-state index is -3.01. The summed E-state index contributed by atoms with van der Waals surface area (Å²) in [6, 6.07) is 0. The van der Waals surface area contributed by atoms with Gasteiger partial charge in [-0.3, -0.25) is 0 Å². The normalized spacial score (nSPS) is 42.0. The topological polar surface area (TPSA) is 0 Å². The Morgan fingerprint density at radius 2 is 1.75 bits per heavy atom. The van der Waals surface area contributed by atoms with Crippen LogP contribution < -0.4 is 0 Å².